The second-order valence-electron chi connectivity index (χ2n) is 3.83. The lowest BCUT2D eigenvalue weighted by Crippen LogP contribution is -2.24. The molecule has 100 valence electrons. The third-order valence-corrected chi connectivity index (χ3v) is 2.49. The summed E-state index contributed by atoms with van der Waals surface area (Å²) in [6.07, 6.45) is 3.12. The molecule has 2 aromatic rings. The van der Waals surface area contributed by atoms with Gasteiger partial charge < -0.3 is 10.4 Å². The molecule has 1 amide bonds. The van der Waals surface area contributed by atoms with Crippen LogP contribution in [0.15, 0.2) is 12.4 Å². The average Bonchev–Trinajstić information content (AvgIpc) is 2.95. The average molecular weight is 264 g/mol. The Balaban J connectivity index is 2.50. The van der Waals surface area contributed by atoms with E-state index in [0.29, 0.717) is 5.56 Å². The lowest BCUT2D eigenvalue weighted by atomic mass is 10.2. The van der Waals surface area contributed by atoms with Crippen molar-refractivity contribution in [3.05, 3.63) is 18.1 Å². The molecule has 0 bridgehead atoms. The number of aryl methyl sites for hydroxylation is 1. The predicted molar refractivity (Wildman–Crippen MR) is 63.3 cm³/mol. The van der Waals surface area contributed by atoms with Crippen LogP contribution in [0.1, 0.15) is 10.5 Å². The Morgan fingerprint density at radius 3 is 2.74 bits per heavy atom. The maximum absolute atomic E-state index is 11.4. The Kier molecular flexibility index (Phi) is 3.27. The maximum atomic E-state index is 11.4. The van der Waals surface area contributed by atoms with Crippen molar-refractivity contribution in [2.24, 2.45) is 7.05 Å². The topological polar surface area (TPSA) is 115 Å². The minimum Gasteiger partial charge on any atom is -0.476 e. The molecular formula is C10H12N6O3. The van der Waals surface area contributed by atoms with E-state index in [2.05, 4.69) is 20.7 Å². The van der Waals surface area contributed by atoms with Crippen LogP contribution in [0.4, 0.5) is 0 Å². The van der Waals surface area contributed by atoms with Crippen LogP contribution in [0.2, 0.25) is 0 Å². The lowest BCUT2D eigenvalue weighted by Gasteiger charge is -2.04. The summed E-state index contributed by atoms with van der Waals surface area (Å²) >= 11 is 0. The van der Waals surface area contributed by atoms with Crippen molar-refractivity contribution in [1.82, 2.24) is 30.1 Å². The van der Waals surface area contributed by atoms with E-state index < -0.39 is 5.97 Å². The number of carbonyl (C=O) groups is 2. The molecular weight excluding hydrogens is 252 g/mol. The van der Waals surface area contributed by atoms with Gasteiger partial charge in [-0.05, 0) is 0 Å². The molecule has 0 aromatic carbocycles. The largest absolute Gasteiger partial charge is 0.476 e. The number of hydrogen-bond acceptors (Lipinski definition) is 5. The smallest absolute Gasteiger partial charge is 0.358 e. The number of aromatic nitrogens is 5. The zero-order valence-corrected chi connectivity index (χ0v) is 10.4. The fourth-order valence-electron chi connectivity index (χ4n) is 1.61. The number of likely N-dealkylation sites (N-methyl/N-ethyl adjacent to an activating group) is 1. The van der Waals surface area contributed by atoms with Gasteiger partial charge in [0.15, 0.2) is 5.69 Å². The van der Waals surface area contributed by atoms with E-state index in [1.54, 1.807) is 13.2 Å². The van der Waals surface area contributed by atoms with Crippen molar-refractivity contribution >= 4 is 11.9 Å². The number of carboxylic acid groups (broad SMARTS) is 1. The first kappa shape index (κ1) is 12.7. The third-order valence-electron chi connectivity index (χ3n) is 2.49. The van der Waals surface area contributed by atoms with Crippen LogP contribution < -0.4 is 5.32 Å². The van der Waals surface area contributed by atoms with Crippen molar-refractivity contribution in [2.75, 3.05) is 7.05 Å². The van der Waals surface area contributed by atoms with Crippen molar-refractivity contribution < 1.29 is 14.7 Å². The van der Waals surface area contributed by atoms with Gasteiger partial charge in [0, 0.05) is 25.9 Å². The summed E-state index contributed by atoms with van der Waals surface area (Å²) in [5.41, 5.74) is 0.579. The highest BCUT2D eigenvalue weighted by Crippen LogP contribution is 2.21. The highest BCUT2D eigenvalue weighted by molar-refractivity contribution is 5.92. The van der Waals surface area contributed by atoms with Crippen LogP contribution in [-0.2, 0) is 18.4 Å². The van der Waals surface area contributed by atoms with Crippen LogP contribution in [0.25, 0.3) is 11.3 Å². The number of amides is 1. The zero-order valence-electron chi connectivity index (χ0n) is 10.4. The second-order valence-corrected chi connectivity index (χ2v) is 3.83. The van der Waals surface area contributed by atoms with E-state index in [0.717, 1.165) is 0 Å². The Labute approximate surface area is 107 Å². The molecule has 0 saturated heterocycles. The molecule has 2 rings (SSSR count). The molecule has 9 heteroatoms. The van der Waals surface area contributed by atoms with Crippen molar-refractivity contribution in [3.63, 3.8) is 0 Å². The van der Waals surface area contributed by atoms with Gasteiger partial charge in [0.25, 0.3) is 0 Å². The van der Waals surface area contributed by atoms with E-state index in [-0.39, 0.29) is 23.8 Å². The molecule has 0 saturated carbocycles. The summed E-state index contributed by atoms with van der Waals surface area (Å²) in [4.78, 5) is 22.5. The fraction of sp³-hybridized carbons (Fsp3) is 0.300. The fourth-order valence-corrected chi connectivity index (χ4v) is 1.61. The van der Waals surface area contributed by atoms with Crippen molar-refractivity contribution in [3.8, 4) is 11.3 Å². The van der Waals surface area contributed by atoms with Crippen LogP contribution >= 0.6 is 0 Å². The number of hydrogen-bond donors (Lipinski definition) is 2. The van der Waals surface area contributed by atoms with Gasteiger partial charge in [0.2, 0.25) is 5.91 Å². The first-order valence-corrected chi connectivity index (χ1v) is 5.39. The Morgan fingerprint density at radius 2 is 2.21 bits per heavy atom. The first-order chi connectivity index (χ1) is 9.02. The molecule has 0 radical (unpaired) electrons. The number of carbonyl (C=O) groups excluding carboxylic acids is 1. The first-order valence-electron chi connectivity index (χ1n) is 5.39. The third kappa shape index (κ3) is 2.44. The normalized spacial score (nSPS) is 10.4. The zero-order chi connectivity index (χ0) is 14.0. The van der Waals surface area contributed by atoms with Crippen molar-refractivity contribution in [1.29, 1.82) is 0 Å². The summed E-state index contributed by atoms with van der Waals surface area (Å²) in [6, 6.07) is 0. The molecule has 2 aromatic heterocycles. The van der Waals surface area contributed by atoms with Crippen LogP contribution in [0, 0.1) is 0 Å². The Hall–Kier alpha value is -2.71. The Bertz CT molecular complexity index is 629. The maximum Gasteiger partial charge on any atom is 0.358 e. The summed E-state index contributed by atoms with van der Waals surface area (Å²) in [5, 5.41) is 22.8. The standard InChI is InChI=1S/C10H12N6O3/c1-11-7(17)5-16-9(6-3-12-15(2)4-6)8(10(18)19)13-14-16/h3-4H,5H2,1-2H3,(H,11,17)(H,18,19). The van der Waals surface area contributed by atoms with E-state index in [1.807, 2.05) is 0 Å². The monoisotopic (exact) mass is 264 g/mol. The molecule has 9 nitrogen and oxygen atoms in total. The molecule has 0 aliphatic carbocycles. The van der Waals surface area contributed by atoms with Crippen LogP contribution in [0.3, 0.4) is 0 Å². The van der Waals surface area contributed by atoms with Gasteiger partial charge in [-0.3, -0.25) is 9.48 Å². The number of nitrogens with one attached hydrogen (secondary N) is 1. The molecule has 2 N–H and O–H groups in total. The summed E-state index contributed by atoms with van der Waals surface area (Å²) in [7, 11) is 3.19. The van der Waals surface area contributed by atoms with Crippen LogP contribution in [-0.4, -0.2) is 48.8 Å². The molecule has 0 aliphatic heterocycles. The van der Waals surface area contributed by atoms with Gasteiger partial charge in [-0.2, -0.15) is 5.10 Å². The summed E-state index contributed by atoms with van der Waals surface area (Å²) < 4.78 is 2.76. The number of rotatable bonds is 4. The number of aromatic carboxylic acids is 1. The minimum absolute atomic E-state index is 0.110. The molecule has 0 atom stereocenters. The summed E-state index contributed by atoms with van der Waals surface area (Å²) in [6.45, 7) is -0.110. The highest BCUT2D eigenvalue weighted by Gasteiger charge is 2.22. The molecule has 0 spiro atoms. The SMILES string of the molecule is CNC(=O)Cn1nnc(C(=O)O)c1-c1cnn(C)c1. The molecule has 2 heterocycles. The van der Waals surface area contributed by atoms with Crippen LogP contribution in [0.5, 0.6) is 0 Å². The number of nitrogens with zero attached hydrogens (tertiary/aromatic N) is 5. The van der Waals surface area contributed by atoms with E-state index in [1.165, 1.54) is 22.6 Å². The van der Waals surface area contributed by atoms with E-state index >= 15 is 0 Å². The summed E-state index contributed by atoms with van der Waals surface area (Å²) in [5.74, 6) is -1.51. The highest BCUT2D eigenvalue weighted by atomic mass is 16.4. The molecule has 0 unspecified atom stereocenters. The van der Waals surface area contributed by atoms with Gasteiger partial charge in [-0.1, -0.05) is 5.21 Å². The molecule has 0 aliphatic rings. The van der Waals surface area contributed by atoms with E-state index in [4.69, 9.17) is 5.11 Å². The second kappa shape index (κ2) is 4.88. The van der Waals surface area contributed by atoms with Gasteiger partial charge in [0.1, 0.15) is 12.2 Å². The van der Waals surface area contributed by atoms with Gasteiger partial charge in [-0.25, -0.2) is 9.48 Å². The minimum atomic E-state index is -1.21. The quantitative estimate of drug-likeness (QED) is 0.741. The Morgan fingerprint density at radius 1 is 1.47 bits per heavy atom. The van der Waals surface area contributed by atoms with Gasteiger partial charge >= 0.3 is 5.97 Å². The molecule has 19 heavy (non-hydrogen) atoms. The lowest BCUT2D eigenvalue weighted by molar-refractivity contribution is -0.121. The van der Waals surface area contributed by atoms with Gasteiger partial charge in [-0.15, -0.1) is 5.10 Å². The van der Waals surface area contributed by atoms with E-state index in [9.17, 15) is 9.59 Å². The molecule has 0 fully saturated rings. The van der Waals surface area contributed by atoms with Crippen molar-refractivity contribution in [2.45, 2.75) is 6.54 Å². The number of carboxylic acids is 1. The predicted octanol–water partition coefficient (Wildman–Crippen LogP) is -0.877. The van der Waals surface area contributed by atoms with Gasteiger partial charge in [0.05, 0.1) is 6.20 Å².